The third kappa shape index (κ3) is 5.91. The van der Waals surface area contributed by atoms with Gasteiger partial charge in [0.05, 0.1) is 39.8 Å². The fraction of sp³-hybridized carbons (Fsp3) is 0.407. The number of nitrogens with zero attached hydrogens (tertiary/aromatic N) is 4. The third-order valence-corrected chi connectivity index (χ3v) is 7.07. The van der Waals surface area contributed by atoms with Gasteiger partial charge in [0.15, 0.2) is 0 Å². The van der Waals surface area contributed by atoms with Crippen molar-refractivity contribution < 1.29 is 23.7 Å². The molecule has 0 aliphatic carbocycles. The van der Waals surface area contributed by atoms with Crippen molar-refractivity contribution in [1.29, 1.82) is 0 Å². The van der Waals surface area contributed by atoms with Gasteiger partial charge in [0.1, 0.15) is 6.10 Å². The molecule has 5 rings (SSSR count). The zero-order valence-electron chi connectivity index (χ0n) is 20.8. The molecule has 37 heavy (non-hydrogen) atoms. The van der Waals surface area contributed by atoms with Gasteiger partial charge in [-0.3, -0.25) is 0 Å². The van der Waals surface area contributed by atoms with Crippen LogP contribution >= 0.6 is 11.6 Å². The van der Waals surface area contributed by atoms with Crippen molar-refractivity contribution in [3.63, 3.8) is 0 Å². The van der Waals surface area contributed by atoms with Crippen LogP contribution in [0.1, 0.15) is 11.1 Å². The van der Waals surface area contributed by atoms with E-state index in [2.05, 4.69) is 34.1 Å². The van der Waals surface area contributed by atoms with Crippen molar-refractivity contribution in [1.82, 2.24) is 14.5 Å². The molecule has 10 heteroatoms. The highest BCUT2D eigenvalue weighted by Gasteiger charge is 2.41. The van der Waals surface area contributed by atoms with Gasteiger partial charge in [-0.15, -0.1) is 0 Å². The van der Waals surface area contributed by atoms with Crippen LogP contribution < -0.4 is 4.90 Å². The molecule has 0 saturated carbocycles. The first-order valence-electron chi connectivity index (χ1n) is 12.3. The first-order valence-corrected chi connectivity index (χ1v) is 12.7. The van der Waals surface area contributed by atoms with Gasteiger partial charge in [-0.2, -0.15) is 0 Å². The number of carbonyl (C=O) groups is 1. The summed E-state index contributed by atoms with van der Waals surface area (Å²) in [6.45, 7) is 4.48. The number of piperazine rings is 1. The summed E-state index contributed by atoms with van der Waals surface area (Å²) in [6.07, 6.45) is 4.86. The fourth-order valence-corrected chi connectivity index (χ4v) is 4.94. The molecule has 1 aromatic heterocycles. The molecule has 3 aromatic rings. The molecule has 0 N–H and O–H groups in total. The number of hydrogen-bond acceptors (Lipinski definition) is 7. The molecule has 2 aliphatic rings. The summed E-state index contributed by atoms with van der Waals surface area (Å²) in [4.78, 5) is 19.8. The lowest BCUT2D eigenvalue weighted by molar-refractivity contribution is -0.313. The number of amides is 1. The summed E-state index contributed by atoms with van der Waals surface area (Å²) in [6, 6.07) is 15.9. The smallest absolute Gasteiger partial charge is 0.409 e. The van der Waals surface area contributed by atoms with Gasteiger partial charge in [-0.05, 0) is 23.8 Å². The molecular weight excluding hydrogens is 496 g/mol. The Morgan fingerprint density at radius 2 is 1.81 bits per heavy atom. The Morgan fingerprint density at radius 1 is 1.08 bits per heavy atom. The Balaban J connectivity index is 1.15. The molecule has 2 aliphatic heterocycles. The second-order valence-corrected chi connectivity index (χ2v) is 9.54. The van der Waals surface area contributed by atoms with Crippen molar-refractivity contribution in [2.24, 2.45) is 0 Å². The van der Waals surface area contributed by atoms with Crippen LogP contribution in [-0.4, -0.2) is 73.2 Å². The normalized spacial score (nSPS) is 22.2. The van der Waals surface area contributed by atoms with E-state index in [4.69, 9.17) is 30.5 Å². The van der Waals surface area contributed by atoms with Gasteiger partial charge < -0.3 is 33.3 Å². The Morgan fingerprint density at radius 3 is 2.46 bits per heavy atom. The molecule has 0 spiro atoms. The minimum Gasteiger partial charge on any atom is -0.453 e. The fourth-order valence-electron chi connectivity index (χ4n) is 4.66. The third-order valence-electron chi connectivity index (χ3n) is 6.74. The molecule has 0 bridgehead atoms. The molecule has 0 radical (unpaired) electrons. The van der Waals surface area contributed by atoms with Crippen molar-refractivity contribution in [3.8, 4) is 0 Å². The minimum atomic E-state index is -1.02. The molecule has 2 fully saturated rings. The predicted octanol–water partition coefficient (Wildman–Crippen LogP) is 3.91. The average molecular weight is 527 g/mol. The molecule has 9 nitrogen and oxygen atoms in total. The zero-order valence-corrected chi connectivity index (χ0v) is 21.5. The maximum Gasteiger partial charge on any atom is 0.409 e. The van der Waals surface area contributed by atoms with Crippen molar-refractivity contribution >= 4 is 23.4 Å². The van der Waals surface area contributed by atoms with Crippen LogP contribution in [0, 0.1) is 0 Å². The summed E-state index contributed by atoms with van der Waals surface area (Å²) >= 11 is 6.52. The monoisotopic (exact) mass is 526 g/mol. The van der Waals surface area contributed by atoms with E-state index < -0.39 is 5.79 Å². The van der Waals surface area contributed by atoms with Crippen LogP contribution in [0.4, 0.5) is 10.5 Å². The molecule has 2 aromatic carbocycles. The number of aromatic nitrogens is 2. The highest BCUT2D eigenvalue weighted by atomic mass is 35.5. The molecule has 3 heterocycles. The number of imidazole rings is 1. The largest absolute Gasteiger partial charge is 0.453 e. The number of benzene rings is 2. The number of rotatable bonds is 7. The van der Waals surface area contributed by atoms with E-state index >= 15 is 0 Å². The summed E-state index contributed by atoms with van der Waals surface area (Å²) in [5.41, 5.74) is 2.98. The van der Waals surface area contributed by atoms with Crippen LogP contribution in [0.25, 0.3) is 0 Å². The number of anilines is 1. The van der Waals surface area contributed by atoms with Crippen molar-refractivity contribution in [3.05, 3.63) is 83.4 Å². The maximum atomic E-state index is 11.7. The molecule has 1 amide bonds. The van der Waals surface area contributed by atoms with E-state index in [9.17, 15) is 4.79 Å². The van der Waals surface area contributed by atoms with Crippen molar-refractivity contribution in [2.45, 2.75) is 25.0 Å². The van der Waals surface area contributed by atoms with Crippen LogP contribution in [0.5, 0.6) is 0 Å². The van der Waals surface area contributed by atoms with E-state index in [0.29, 0.717) is 44.5 Å². The lowest BCUT2D eigenvalue weighted by Crippen LogP contribution is -2.48. The first kappa shape index (κ1) is 25.5. The Bertz CT molecular complexity index is 1160. The Hall–Kier alpha value is -3.11. The number of halogens is 1. The van der Waals surface area contributed by atoms with Gasteiger partial charge in [0.2, 0.25) is 5.79 Å². The summed E-state index contributed by atoms with van der Waals surface area (Å²) in [5, 5.41) is 0.591. The highest BCUT2D eigenvalue weighted by molar-refractivity contribution is 6.31. The lowest BCUT2D eigenvalue weighted by atomic mass is 10.0. The highest BCUT2D eigenvalue weighted by Crippen LogP contribution is 2.37. The zero-order chi connectivity index (χ0) is 25.7. The lowest BCUT2D eigenvalue weighted by Gasteiger charge is -2.40. The number of ether oxygens (including phenoxy) is 4. The van der Waals surface area contributed by atoms with E-state index in [1.807, 2.05) is 35.0 Å². The summed E-state index contributed by atoms with van der Waals surface area (Å²) in [5.74, 6) is -1.02. The van der Waals surface area contributed by atoms with Gasteiger partial charge >= 0.3 is 6.09 Å². The topological polar surface area (TPSA) is 78.3 Å². The minimum absolute atomic E-state index is 0.204. The second-order valence-electron chi connectivity index (χ2n) is 9.13. The SMILES string of the molecule is COC(=O)N1CCN(c2ccc(CO[C@H]3CO[C@@](Cn4ccnc4)(c4ccccc4Cl)OC3)cc2)CC1. The molecule has 196 valence electrons. The van der Waals surface area contributed by atoms with Crippen LogP contribution in [-0.2, 0) is 37.9 Å². The quantitative estimate of drug-likeness (QED) is 0.462. The van der Waals surface area contributed by atoms with Gasteiger partial charge in [0.25, 0.3) is 0 Å². The average Bonchev–Trinajstić information content (AvgIpc) is 3.46. The van der Waals surface area contributed by atoms with E-state index in [0.717, 1.165) is 29.9 Å². The Kier molecular flexibility index (Phi) is 7.95. The van der Waals surface area contributed by atoms with E-state index in [1.54, 1.807) is 17.4 Å². The van der Waals surface area contributed by atoms with Crippen LogP contribution in [0.15, 0.2) is 67.3 Å². The number of hydrogen-bond donors (Lipinski definition) is 0. The van der Waals surface area contributed by atoms with E-state index in [-0.39, 0.29) is 12.2 Å². The molecule has 2 saturated heterocycles. The first-order chi connectivity index (χ1) is 18.1. The van der Waals surface area contributed by atoms with Gasteiger partial charge in [-0.1, -0.05) is 41.9 Å². The molecular formula is C27H31ClN4O5. The van der Waals surface area contributed by atoms with Gasteiger partial charge in [-0.25, -0.2) is 9.78 Å². The van der Waals surface area contributed by atoms with Crippen LogP contribution in [0.2, 0.25) is 5.02 Å². The summed E-state index contributed by atoms with van der Waals surface area (Å²) in [7, 11) is 1.41. The predicted molar refractivity (Wildman–Crippen MR) is 138 cm³/mol. The maximum absolute atomic E-state index is 11.7. The number of carbonyl (C=O) groups excluding carboxylic acids is 1. The molecule has 0 atom stereocenters. The van der Waals surface area contributed by atoms with Crippen molar-refractivity contribution in [2.75, 3.05) is 51.4 Å². The van der Waals surface area contributed by atoms with Crippen LogP contribution in [0.3, 0.4) is 0 Å². The second kappa shape index (κ2) is 11.5. The van der Waals surface area contributed by atoms with Gasteiger partial charge in [0, 0.05) is 54.8 Å². The molecule has 0 unspecified atom stereocenters. The number of methoxy groups -OCH3 is 1. The van der Waals surface area contributed by atoms with E-state index in [1.165, 1.54) is 7.11 Å². The standard InChI is InChI=1S/C27H31ClN4O5/c1-34-26(33)32-14-12-31(13-15-32)22-8-6-21(7-9-22)16-35-23-17-36-27(37-18-23,19-30-11-10-29-20-30)24-4-2-3-5-25(24)28/h2-11,20,23H,12-19H2,1H3/t23-,27+. The summed E-state index contributed by atoms with van der Waals surface area (Å²) < 4.78 is 25.5. The Labute approximate surface area is 221 Å².